The highest BCUT2D eigenvalue weighted by Gasteiger charge is 2.26. The lowest BCUT2D eigenvalue weighted by molar-refractivity contribution is -0.161. The van der Waals surface area contributed by atoms with Gasteiger partial charge in [0, 0.05) is 25.8 Å². The predicted octanol–water partition coefficient (Wildman–Crippen LogP) is 12.5. The molecule has 0 spiro atoms. The van der Waals surface area contributed by atoms with Crippen LogP contribution in [-0.2, 0) is 37.5 Å². The standard InChI is InChI=1S/C44H86NO9PS/c1-3-5-7-9-11-13-15-17-19-21-23-25-27-29-31-33-43(47)51-39-41(40-53-55(49,50)52-37-36-45-42(46)35-38-56)54-44(48)34-32-30-28-26-24-22-20-18-16-14-12-10-8-6-4-2/h41,56H,3-40H2,1-2H3,(H,45,46)(H,49,50). The Bertz CT molecular complexity index is 957. The Morgan fingerprint density at radius 1 is 0.536 bits per heavy atom. The number of carbonyl (C=O) groups excluding carboxylic acids is 3. The molecule has 0 fully saturated rings. The van der Waals surface area contributed by atoms with Crippen LogP contribution in [0.4, 0.5) is 0 Å². The summed E-state index contributed by atoms with van der Waals surface area (Å²) in [5, 5.41) is 2.55. The van der Waals surface area contributed by atoms with Gasteiger partial charge in [-0.25, -0.2) is 4.57 Å². The van der Waals surface area contributed by atoms with Crippen molar-refractivity contribution in [2.45, 2.75) is 232 Å². The van der Waals surface area contributed by atoms with Gasteiger partial charge in [0.15, 0.2) is 6.10 Å². The highest BCUT2D eigenvalue weighted by molar-refractivity contribution is 7.80. The Morgan fingerprint density at radius 2 is 0.911 bits per heavy atom. The van der Waals surface area contributed by atoms with E-state index in [-0.39, 0.29) is 44.9 Å². The number of unbranched alkanes of at least 4 members (excludes halogenated alkanes) is 28. The van der Waals surface area contributed by atoms with Crippen LogP contribution in [0, 0.1) is 0 Å². The van der Waals surface area contributed by atoms with E-state index in [1.54, 1.807) is 0 Å². The average molecular weight is 836 g/mol. The maximum Gasteiger partial charge on any atom is 0.472 e. The first-order chi connectivity index (χ1) is 27.2. The lowest BCUT2D eigenvalue weighted by Gasteiger charge is -2.20. The van der Waals surface area contributed by atoms with E-state index >= 15 is 0 Å². The number of thiol groups is 1. The Kier molecular flexibility index (Phi) is 41.2. The summed E-state index contributed by atoms with van der Waals surface area (Å²) in [6.45, 7) is 3.54. The third-order valence-electron chi connectivity index (χ3n) is 10.1. The van der Waals surface area contributed by atoms with Gasteiger partial charge >= 0.3 is 19.8 Å². The van der Waals surface area contributed by atoms with Crippen molar-refractivity contribution in [2.75, 3.05) is 32.1 Å². The molecule has 332 valence electrons. The molecule has 0 aliphatic rings. The fraction of sp³-hybridized carbons (Fsp3) is 0.932. The molecule has 2 unspecified atom stereocenters. The minimum absolute atomic E-state index is 0.0229. The van der Waals surface area contributed by atoms with E-state index in [9.17, 15) is 23.8 Å². The highest BCUT2D eigenvalue weighted by atomic mass is 32.1. The summed E-state index contributed by atoms with van der Waals surface area (Å²) >= 11 is 4.00. The Labute approximate surface area is 348 Å². The molecule has 0 saturated heterocycles. The zero-order chi connectivity index (χ0) is 41.2. The molecule has 0 bridgehead atoms. The molecular weight excluding hydrogens is 750 g/mol. The number of rotatable bonds is 44. The third-order valence-corrected chi connectivity index (χ3v) is 11.3. The zero-order valence-corrected chi connectivity index (χ0v) is 37.8. The fourth-order valence-corrected chi connectivity index (χ4v) is 7.61. The second-order valence-corrected chi connectivity index (χ2v) is 17.5. The topological polar surface area (TPSA) is 137 Å². The number of ether oxygens (including phenoxy) is 2. The number of phosphoric ester groups is 1. The molecule has 0 heterocycles. The lowest BCUT2D eigenvalue weighted by Crippen LogP contribution is -2.30. The van der Waals surface area contributed by atoms with Gasteiger partial charge in [-0.05, 0) is 18.6 Å². The molecular formula is C44H86NO9PS. The number of phosphoric acid groups is 1. The summed E-state index contributed by atoms with van der Waals surface area (Å²) in [6.07, 6.45) is 36.7. The first-order valence-corrected chi connectivity index (χ1v) is 25.2. The van der Waals surface area contributed by atoms with E-state index in [4.69, 9.17) is 18.5 Å². The Morgan fingerprint density at radius 3 is 1.30 bits per heavy atom. The number of hydrogen-bond acceptors (Lipinski definition) is 9. The first kappa shape index (κ1) is 54.9. The SMILES string of the molecule is CCCCCCCCCCCCCCCCCC(=O)OCC(COP(=O)(O)OCCNC(=O)CCS)OC(=O)CCCCCCCCCCCCCCCCC. The van der Waals surface area contributed by atoms with Gasteiger partial charge in [0.25, 0.3) is 0 Å². The molecule has 12 heteroatoms. The van der Waals surface area contributed by atoms with Crippen molar-refractivity contribution in [1.29, 1.82) is 0 Å². The number of nitrogens with one attached hydrogen (secondary N) is 1. The monoisotopic (exact) mass is 836 g/mol. The van der Waals surface area contributed by atoms with Crippen LogP contribution in [0.25, 0.3) is 0 Å². The van der Waals surface area contributed by atoms with Gasteiger partial charge in [-0.15, -0.1) is 0 Å². The number of esters is 2. The maximum atomic E-state index is 12.7. The Hall–Kier alpha value is -1.13. The van der Waals surface area contributed by atoms with Crippen molar-refractivity contribution in [2.24, 2.45) is 0 Å². The first-order valence-electron chi connectivity index (χ1n) is 23.1. The zero-order valence-electron chi connectivity index (χ0n) is 36.1. The minimum atomic E-state index is -4.51. The van der Waals surface area contributed by atoms with Crippen LogP contribution < -0.4 is 5.32 Å². The van der Waals surface area contributed by atoms with Crippen molar-refractivity contribution in [3.63, 3.8) is 0 Å². The van der Waals surface area contributed by atoms with E-state index < -0.39 is 32.5 Å². The molecule has 56 heavy (non-hydrogen) atoms. The summed E-state index contributed by atoms with van der Waals surface area (Å²) in [7, 11) is -4.51. The van der Waals surface area contributed by atoms with Crippen LogP contribution in [0.1, 0.15) is 226 Å². The van der Waals surface area contributed by atoms with E-state index in [1.165, 1.54) is 148 Å². The summed E-state index contributed by atoms with van der Waals surface area (Å²) in [6, 6.07) is 0. The predicted molar refractivity (Wildman–Crippen MR) is 233 cm³/mol. The van der Waals surface area contributed by atoms with Crippen molar-refractivity contribution in [3.8, 4) is 0 Å². The number of amides is 1. The number of hydrogen-bond donors (Lipinski definition) is 3. The summed E-state index contributed by atoms with van der Waals surface area (Å²) in [4.78, 5) is 46.9. The molecule has 1 amide bonds. The molecule has 10 nitrogen and oxygen atoms in total. The van der Waals surface area contributed by atoms with Crippen LogP contribution in [0.3, 0.4) is 0 Å². The molecule has 2 atom stereocenters. The van der Waals surface area contributed by atoms with Gasteiger partial charge in [0.2, 0.25) is 5.91 Å². The number of carbonyl (C=O) groups is 3. The van der Waals surface area contributed by atoms with Gasteiger partial charge in [-0.1, -0.05) is 194 Å². The van der Waals surface area contributed by atoms with Crippen LogP contribution in [0.2, 0.25) is 0 Å². The quantitative estimate of drug-likeness (QED) is 0.0237. The van der Waals surface area contributed by atoms with Gasteiger partial charge < -0.3 is 19.7 Å². The second-order valence-electron chi connectivity index (χ2n) is 15.6. The van der Waals surface area contributed by atoms with Crippen LogP contribution in [-0.4, -0.2) is 61.0 Å². The summed E-state index contributed by atoms with van der Waals surface area (Å²) in [5.74, 6) is -0.724. The van der Waals surface area contributed by atoms with Crippen molar-refractivity contribution >= 4 is 38.3 Å². The molecule has 0 aromatic heterocycles. The van der Waals surface area contributed by atoms with Gasteiger partial charge in [-0.3, -0.25) is 23.4 Å². The van der Waals surface area contributed by atoms with Crippen molar-refractivity contribution in [3.05, 3.63) is 0 Å². The third kappa shape index (κ3) is 41.0. The van der Waals surface area contributed by atoms with E-state index in [1.807, 2.05) is 0 Å². The molecule has 0 aromatic carbocycles. The normalized spacial score (nSPS) is 13.0. The van der Waals surface area contributed by atoms with Crippen LogP contribution in [0.15, 0.2) is 0 Å². The lowest BCUT2D eigenvalue weighted by atomic mass is 10.0. The second kappa shape index (κ2) is 42.0. The molecule has 0 radical (unpaired) electrons. The van der Waals surface area contributed by atoms with Gasteiger partial charge in [0.05, 0.1) is 13.2 Å². The Balaban J connectivity index is 4.36. The van der Waals surface area contributed by atoms with E-state index in [0.29, 0.717) is 12.2 Å². The van der Waals surface area contributed by atoms with E-state index in [2.05, 4.69) is 31.8 Å². The highest BCUT2D eigenvalue weighted by Crippen LogP contribution is 2.43. The van der Waals surface area contributed by atoms with Crippen molar-refractivity contribution in [1.82, 2.24) is 5.32 Å². The largest absolute Gasteiger partial charge is 0.472 e. The van der Waals surface area contributed by atoms with E-state index in [0.717, 1.165) is 38.5 Å². The summed E-state index contributed by atoms with van der Waals surface area (Å²) < 4.78 is 33.4. The molecule has 0 saturated carbocycles. The van der Waals surface area contributed by atoms with Gasteiger partial charge in [0.1, 0.15) is 6.61 Å². The minimum Gasteiger partial charge on any atom is -0.462 e. The average Bonchev–Trinajstić information content (AvgIpc) is 3.17. The fourth-order valence-electron chi connectivity index (χ4n) is 6.66. The molecule has 0 aliphatic carbocycles. The maximum absolute atomic E-state index is 12.7. The molecule has 0 rings (SSSR count). The molecule has 2 N–H and O–H groups in total. The van der Waals surface area contributed by atoms with Crippen molar-refractivity contribution < 1.29 is 42.4 Å². The molecule has 0 aliphatic heterocycles. The summed E-state index contributed by atoms with van der Waals surface area (Å²) in [5.41, 5.74) is 0. The molecule has 0 aromatic rings. The van der Waals surface area contributed by atoms with Crippen LogP contribution >= 0.6 is 20.5 Å². The smallest absolute Gasteiger partial charge is 0.462 e. The van der Waals surface area contributed by atoms with Gasteiger partial charge in [-0.2, -0.15) is 12.6 Å². The van der Waals surface area contributed by atoms with Crippen LogP contribution in [0.5, 0.6) is 0 Å².